The maximum Gasteiger partial charge on any atom is 0.0546 e. The number of piperidine rings is 1. The molecule has 1 unspecified atom stereocenters. The summed E-state index contributed by atoms with van der Waals surface area (Å²) in [6.07, 6.45) is 8.15. The minimum absolute atomic E-state index is 0.366. The third-order valence-electron chi connectivity index (χ3n) is 4.92. The van der Waals surface area contributed by atoms with Gasteiger partial charge < -0.3 is 15.0 Å². The Kier molecular flexibility index (Phi) is 6.11. The molecule has 2 aliphatic rings. The van der Waals surface area contributed by atoms with Crippen molar-refractivity contribution in [3.05, 3.63) is 0 Å². The summed E-state index contributed by atoms with van der Waals surface area (Å²) in [4.78, 5) is 2.69. The summed E-state index contributed by atoms with van der Waals surface area (Å²) >= 11 is 0. The topological polar surface area (TPSA) is 24.5 Å². The molecule has 2 rings (SSSR count). The van der Waals surface area contributed by atoms with E-state index in [0.717, 1.165) is 25.7 Å². The van der Waals surface area contributed by atoms with Gasteiger partial charge in [0.15, 0.2) is 0 Å². The standard InChI is InChI=1S/C16H32N2O/c1-3-5-15-6-9-18(10-7-15)13-16(12-17-2)8-4-11-19-14-16/h15,17H,3-14H2,1-2H3. The lowest BCUT2D eigenvalue weighted by atomic mass is 9.81. The van der Waals surface area contributed by atoms with Crippen molar-refractivity contribution in [3.8, 4) is 0 Å². The van der Waals surface area contributed by atoms with Crippen molar-refractivity contribution in [2.75, 3.05) is 46.4 Å². The molecule has 3 heteroatoms. The second kappa shape index (κ2) is 7.61. The van der Waals surface area contributed by atoms with Crippen molar-refractivity contribution < 1.29 is 4.74 Å². The molecule has 1 N–H and O–H groups in total. The number of ether oxygens (including phenoxy) is 1. The second-order valence-electron chi connectivity index (χ2n) is 6.69. The predicted octanol–water partition coefficient (Wildman–Crippen LogP) is 2.51. The van der Waals surface area contributed by atoms with E-state index in [4.69, 9.17) is 4.74 Å². The number of hydrogen-bond donors (Lipinski definition) is 1. The third kappa shape index (κ3) is 4.44. The number of rotatable bonds is 6. The van der Waals surface area contributed by atoms with Crippen LogP contribution in [-0.2, 0) is 4.74 Å². The Hall–Kier alpha value is -0.120. The molecule has 2 saturated heterocycles. The van der Waals surface area contributed by atoms with Crippen molar-refractivity contribution in [2.24, 2.45) is 11.3 Å². The van der Waals surface area contributed by atoms with Gasteiger partial charge in [-0.2, -0.15) is 0 Å². The number of hydrogen-bond acceptors (Lipinski definition) is 3. The Morgan fingerprint density at radius 1 is 1.32 bits per heavy atom. The molecule has 0 aliphatic carbocycles. The first-order valence-corrected chi connectivity index (χ1v) is 8.23. The van der Waals surface area contributed by atoms with Gasteiger partial charge in [0.25, 0.3) is 0 Å². The fourth-order valence-corrected chi connectivity index (χ4v) is 3.92. The van der Waals surface area contributed by atoms with Crippen LogP contribution < -0.4 is 5.32 Å². The van der Waals surface area contributed by atoms with Crippen LogP contribution in [0.2, 0.25) is 0 Å². The number of nitrogens with one attached hydrogen (secondary N) is 1. The molecule has 0 aromatic heterocycles. The smallest absolute Gasteiger partial charge is 0.0546 e. The first-order chi connectivity index (χ1) is 9.28. The molecule has 112 valence electrons. The van der Waals surface area contributed by atoms with Crippen molar-refractivity contribution in [2.45, 2.75) is 45.4 Å². The lowest BCUT2D eigenvalue weighted by Gasteiger charge is -2.43. The van der Waals surface area contributed by atoms with E-state index in [9.17, 15) is 0 Å². The third-order valence-corrected chi connectivity index (χ3v) is 4.92. The monoisotopic (exact) mass is 268 g/mol. The highest BCUT2D eigenvalue weighted by molar-refractivity contribution is 4.88. The minimum atomic E-state index is 0.366. The maximum absolute atomic E-state index is 5.77. The lowest BCUT2D eigenvalue weighted by Crippen LogP contribution is -2.50. The fourth-order valence-electron chi connectivity index (χ4n) is 3.92. The molecule has 0 radical (unpaired) electrons. The highest BCUT2D eigenvalue weighted by atomic mass is 16.5. The van der Waals surface area contributed by atoms with Crippen LogP contribution >= 0.6 is 0 Å². The zero-order valence-corrected chi connectivity index (χ0v) is 12.9. The van der Waals surface area contributed by atoms with Gasteiger partial charge in [0.1, 0.15) is 0 Å². The average Bonchev–Trinajstić information content (AvgIpc) is 2.43. The Morgan fingerprint density at radius 2 is 2.11 bits per heavy atom. The summed E-state index contributed by atoms with van der Waals surface area (Å²) in [6.45, 7) is 9.15. The Bertz CT molecular complexity index is 238. The van der Waals surface area contributed by atoms with Crippen molar-refractivity contribution >= 4 is 0 Å². The van der Waals surface area contributed by atoms with E-state index in [1.165, 1.54) is 58.2 Å². The van der Waals surface area contributed by atoms with Crippen LogP contribution in [0.15, 0.2) is 0 Å². The van der Waals surface area contributed by atoms with Crippen LogP contribution in [-0.4, -0.2) is 51.3 Å². The van der Waals surface area contributed by atoms with Crippen molar-refractivity contribution in [3.63, 3.8) is 0 Å². The minimum Gasteiger partial charge on any atom is -0.381 e. The van der Waals surface area contributed by atoms with Crippen LogP contribution in [0.5, 0.6) is 0 Å². The quantitative estimate of drug-likeness (QED) is 0.801. The van der Waals surface area contributed by atoms with Crippen molar-refractivity contribution in [1.29, 1.82) is 0 Å². The number of likely N-dealkylation sites (tertiary alicyclic amines) is 1. The zero-order chi connectivity index (χ0) is 13.6. The van der Waals surface area contributed by atoms with Gasteiger partial charge in [0.05, 0.1) is 6.61 Å². The summed E-state index contributed by atoms with van der Waals surface area (Å²) in [5.74, 6) is 0.990. The van der Waals surface area contributed by atoms with Gasteiger partial charge in [0.2, 0.25) is 0 Å². The SMILES string of the molecule is CCCC1CCN(CC2(CNC)CCCOC2)CC1. The van der Waals surface area contributed by atoms with Crippen molar-refractivity contribution in [1.82, 2.24) is 10.2 Å². The molecule has 0 aromatic carbocycles. The Labute approximate surface area is 119 Å². The summed E-state index contributed by atoms with van der Waals surface area (Å²) in [5, 5.41) is 3.39. The predicted molar refractivity (Wildman–Crippen MR) is 80.5 cm³/mol. The van der Waals surface area contributed by atoms with E-state index in [1.54, 1.807) is 0 Å². The fraction of sp³-hybridized carbons (Fsp3) is 1.00. The van der Waals surface area contributed by atoms with Crippen LogP contribution in [0, 0.1) is 11.3 Å². The normalized spacial score (nSPS) is 30.6. The second-order valence-corrected chi connectivity index (χ2v) is 6.69. The molecule has 0 amide bonds. The highest BCUT2D eigenvalue weighted by Crippen LogP contribution is 2.31. The average molecular weight is 268 g/mol. The molecule has 0 saturated carbocycles. The van der Waals surface area contributed by atoms with Crippen LogP contribution in [0.1, 0.15) is 45.4 Å². The lowest BCUT2D eigenvalue weighted by molar-refractivity contribution is -0.0300. The molecular formula is C16H32N2O. The largest absolute Gasteiger partial charge is 0.381 e. The van der Waals surface area contributed by atoms with E-state index >= 15 is 0 Å². The molecule has 3 nitrogen and oxygen atoms in total. The van der Waals surface area contributed by atoms with E-state index in [0.29, 0.717) is 5.41 Å². The van der Waals surface area contributed by atoms with Gasteiger partial charge >= 0.3 is 0 Å². The van der Waals surface area contributed by atoms with E-state index in [-0.39, 0.29) is 0 Å². The van der Waals surface area contributed by atoms with Gasteiger partial charge in [-0.15, -0.1) is 0 Å². The zero-order valence-electron chi connectivity index (χ0n) is 12.9. The van der Waals surface area contributed by atoms with Gasteiger partial charge in [-0.1, -0.05) is 19.8 Å². The molecule has 2 fully saturated rings. The van der Waals surface area contributed by atoms with E-state index < -0.39 is 0 Å². The van der Waals surface area contributed by atoms with Gasteiger partial charge in [-0.25, -0.2) is 0 Å². The molecule has 0 spiro atoms. The van der Waals surface area contributed by atoms with E-state index in [2.05, 4.69) is 24.2 Å². The summed E-state index contributed by atoms with van der Waals surface area (Å²) < 4.78 is 5.77. The molecule has 0 bridgehead atoms. The van der Waals surface area contributed by atoms with Gasteiger partial charge in [0, 0.05) is 25.1 Å². The Morgan fingerprint density at radius 3 is 2.68 bits per heavy atom. The molecule has 19 heavy (non-hydrogen) atoms. The molecule has 2 aliphatic heterocycles. The van der Waals surface area contributed by atoms with Crippen LogP contribution in [0.3, 0.4) is 0 Å². The highest BCUT2D eigenvalue weighted by Gasteiger charge is 2.35. The first kappa shape index (κ1) is 15.3. The summed E-state index contributed by atoms with van der Waals surface area (Å²) in [6, 6.07) is 0. The molecular weight excluding hydrogens is 236 g/mol. The summed E-state index contributed by atoms with van der Waals surface area (Å²) in [7, 11) is 2.07. The van der Waals surface area contributed by atoms with Crippen LogP contribution in [0.25, 0.3) is 0 Å². The van der Waals surface area contributed by atoms with Crippen LogP contribution in [0.4, 0.5) is 0 Å². The van der Waals surface area contributed by atoms with Gasteiger partial charge in [-0.05, 0) is 51.7 Å². The Balaban J connectivity index is 1.81. The molecule has 0 aromatic rings. The van der Waals surface area contributed by atoms with Gasteiger partial charge in [-0.3, -0.25) is 0 Å². The maximum atomic E-state index is 5.77. The molecule has 2 heterocycles. The summed E-state index contributed by atoms with van der Waals surface area (Å²) in [5.41, 5.74) is 0.366. The van der Waals surface area contributed by atoms with E-state index in [1.807, 2.05) is 0 Å². The number of nitrogens with zero attached hydrogens (tertiary/aromatic N) is 1. The molecule has 1 atom stereocenters. The first-order valence-electron chi connectivity index (χ1n) is 8.23.